The van der Waals surface area contributed by atoms with E-state index < -0.39 is 5.97 Å². The van der Waals surface area contributed by atoms with Gasteiger partial charge in [-0.15, -0.1) is 11.8 Å². The lowest BCUT2D eigenvalue weighted by Gasteiger charge is -2.28. The molecule has 1 unspecified atom stereocenters. The van der Waals surface area contributed by atoms with Crippen molar-refractivity contribution in [3.8, 4) is 5.75 Å². The van der Waals surface area contributed by atoms with E-state index in [1.807, 2.05) is 19.9 Å². The molecule has 0 aliphatic rings. The molecule has 0 saturated heterocycles. The predicted molar refractivity (Wildman–Crippen MR) is 78.9 cm³/mol. The number of thioether (sulfide) groups is 1. The maximum atomic E-state index is 12.1. The number of amides is 1. The van der Waals surface area contributed by atoms with Crippen LogP contribution >= 0.6 is 11.8 Å². The third kappa shape index (κ3) is 4.77. The van der Waals surface area contributed by atoms with Crippen LogP contribution in [0.5, 0.6) is 5.75 Å². The lowest BCUT2D eigenvalue weighted by molar-refractivity contribution is -0.133. The Hall–Kier alpha value is -1.69. The van der Waals surface area contributed by atoms with Crippen LogP contribution in [0.4, 0.5) is 0 Å². The zero-order valence-corrected chi connectivity index (χ0v) is 12.4. The highest BCUT2D eigenvalue weighted by Crippen LogP contribution is 2.23. The molecule has 0 saturated carbocycles. The fraction of sp³-hybridized carbons (Fsp3) is 0.429. The van der Waals surface area contributed by atoms with Gasteiger partial charge in [-0.05, 0) is 31.5 Å². The number of benzene rings is 1. The van der Waals surface area contributed by atoms with Gasteiger partial charge in [-0.25, -0.2) is 0 Å². The fourth-order valence-electron chi connectivity index (χ4n) is 1.94. The van der Waals surface area contributed by atoms with Crippen molar-refractivity contribution in [3.05, 3.63) is 29.8 Å². The summed E-state index contributed by atoms with van der Waals surface area (Å²) in [5.41, 5.74) is 0.850. The number of hydrogen-bond donors (Lipinski definition) is 2. The van der Waals surface area contributed by atoms with Gasteiger partial charge in [-0.2, -0.15) is 0 Å². The number of aromatic hydroxyl groups is 1. The van der Waals surface area contributed by atoms with Crippen molar-refractivity contribution in [1.29, 1.82) is 0 Å². The van der Waals surface area contributed by atoms with Gasteiger partial charge < -0.3 is 15.1 Å². The summed E-state index contributed by atoms with van der Waals surface area (Å²) in [5.74, 6) is -0.799. The van der Waals surface area contributed by atoms with E-state index in [-0.39, 0.29) is 29.2 Å². The number of phenols is 1. The number of carboxylic acid groups (broad SMARTS) is 1. The SMILES string of the molecule is CCN(C(=O)CSCC(=O)O)C(C)c1cccc(O)c1. The molecule has 6 heteroatoms. The molecular formula is C14H19NO4S. The second-order valence-corrected chi connectivity index (χ2v) is 5.32. The normalized spacial score (nSPS) is 11.9. The molecule has 5 nitrogen and oxygen atoms in total. The number of carbonyl (C=O) groups excluding carboxylic acids is 1. The molecule has 1 rings (SSSR count). The molecule has 1 aromatic carbocycles. The fourth-order valence-corrected chi connectivity index (χ4v) is 2.56. The minimum absolute atomic E-state index is 0.0796. The van der Waals surface area contributed by atoms with Gasteiger partial charge in [-0.1, -0.05) is 12.1 Å². The van der Waals surface area contributed by atoms with Gasteiger partial charge in [0.1, 0.15) is 5.75 Å². The van der Waals surface area contributed by atoms with Gasteiger partial charge in [0.05, 0.1) is 17.5 Å². The van der Waals surface area contributed by atoms with Crippen molar-refractivity contribution >= 4 is 23.6 Å². The maximum Gasteiger partial charge on any atom is 0.313 e. The highest BCUT2D eigenvalue weighted by atomic mass is 32.2. The minimum atomic E-state index is -0.924. The van der Waals surface area contributed by atoms with Crippen molar-refractivity contribution in [2.75, 3.05) is 18.1 Å². The van der Waals surface area contributed by atoms with Crippen LogP contribution in [0.1, 0.15) is 25.5 Å². The van der Waals surface area contributed by atoms with Gasteiger partial charge in [0.25, 0.3) is 0 Å². The summed E-state index contributed by atoms with van der Waals surface area (Å²) < 4.78 is 0. The van der Waals surface area contributed by atoms with Gasteiger partial charge in [0, 0.05) is 6.54 Å². The molecule has 1 atom stereocenters. The Labute approximate surface area is 122 Å². The lowest BCUT2D eigenvalue weighted by Crippen LogP contribution is -2.34. The highest BCUT2D eigenvalue weighted by Gasteiger charge is 2.20. The third-order valence-corrected chi connectivity index (χ3v) is 3.83. The molecule has 0 aliphatic heterocycles. The number of rotatable bonds is 7. The molecule has 0 aliphatic carbocycles. The van der Waals surface area contributed by atoms with Crippen LogP contribution in [0.3, 0.4) is 0 Å². The van der Waals surface area contributed by atoms with Crippen LogP contribution in [-0.2, 0) is 9.59 Å². The van der Waals surface area contributed by atoms with Crippen LogP contribution < -0.4 is 0 Å². The first-order valence-electron chi connectivity index (χ1n) is 6.33. The molecule has 2 N–H and O–H groups in total. The molecule has 0 fully saturated rings. The van der Waals surface area contributed by atoms with Gasteiger partial charge in [0.15, 0.2) is 0 Å². The van der Waals surface area contributed by atoms with Crippen molar-refractivity contribution in [1.82, 2.24) is 4.90 Å². The predicted octanol–water partition coefficient (Wildman–Crippen LogP) is 2.12. The summed E-state index contributed by atoms with van der Waals surface area (Å²) in [6.07, 6.45) is 0. The maximum absolute atomic E-state index is 12.1. The Kier molecular flexibility index (Phi) is 6.38. The summed E-state index contributed by atoms with van der Waals surface area (Å²) in [6.45, 7) is 4.29. The van der Waals surface area contributed by atoms with E-state index in [0.717, 1.165) is 17.3 Å². The Morgan fingerprint density at radius 3 is 2.60 bits per heavy atom. The standard InChI is InChI=1S/C14H19NO4S/c1-3-15(13(17)8-20-9-14(18)19)10(2)11-5-4-6-12(16)7-11/h4-7,10,16H,3,8-9H2,1-2H3,(H,18,19). The summed E-state index contributed by atoms with van der Waals surface area (Å²) in [6, 6.07) is 6.64. The number of carbonyl (C=O) groups is 2. The Balaban J connectivity index is 2.69. The highest BCUT2D eigenvalue weighted by molar-refractivity contribution is 8.00. The minimum Gasteiger partial charge on any atom is -0.508 e. The first-order chi connectivity index (χ1) is 9.45. The summed E-state index contributed by atoms with van der Waals surface area (Å²) >= 11 is 1.09. The molecule has 0 spiro atoms. The Morgan fingerprint density at radius 2 is 2.05 bits per heavy atom. The van der Waals surface area contributed by atoms with Crippen LogP contribution in [0.25, 0.3) is 0 Å². The summed E-state index contributed by atoms with van der Waals surface area (Å²) in [5, 5.41) is 18.1. The molecule has 0 radical (unpaired) electrons. The monoisotopic (exact) mass is 297 g/mol. The first-order valence-corrected chi connectivity index (χ1v) is 7.49. The van der Waals surface area contributed by atoms with E-state index in [2.05, 4.69) is 0 Å². The van der Waals surface area contributed by atoms with Gasteiger partial charge in [0.2, 0.25) is 5.91 Å². The molecule has 0 heterocycles. The molecule has 20 heavy (non-hydrogen) atoms. The molecule has 0 aromatic heterocycles. The Bertz CT molecular complexity index is 478. The van der Waals surface area contributed by atoms with Crippen LogP contribution in [0.15, 0.2) is 24.3 Å². The zero-order valence-electron chi connectivity index (χ0n) is 11.6. The number of hydrogen-bond acceptors (Lipinski definition) is 4. The molecule has 0 bridgehead atoms. The number of nitrogens with zero attached hydrogens (tertiary/aromatic N) is 1. The van der Waals surface area contributed by atoms with E-state index >= 15 is 0 Å². The van der Waals surface area contributed by atoms with Gasteiger partial charge >= 0.3 is 5.97 Å². The van der Waals surface area contributed by atoms with E-state index in [9.17, 15) is 14.7 Å². The van der Waals surface area contributed by atoms with Crippen LogP contribution in [-0.4, -0.2) is 45.0 Å². The first kappa shape index (κ1) is 16.4. The molecular weight excluding hydrogens is 278 g/mol. The van der Waals surface area contributed by atoms with Crippen LogP contribution in [0.2, 0.25) is 0 Å². The summed E-state index contributed by atoms with van der Waals surface area (Å²) in [4.78, 5) is 24.2. The van der Waals surface area contributed by atoms with E-state index in [0.29, 0.717) is 6.54 Å². The summed E-state index contributed by atoms with van der Waals surface area (Å²) in [7, 11) is 0. The average Bonchev–Trinajstić information content (AvgIpc) is 2.39. The average molecular weight is 297 g/mol. The largest absolute Gasteiger partial charge is 0.508 e. The molecule has 1 aromatic rings. The molecule has 1 amide bonds. The van der Waals surface area contributed by atoms with E-state index in [4.69, 9.17) is 5.11 Å². The van der Waals surface area contributed by atoms with E-state index in [1.54, 1.807) is 23.1 Å². The zero-order chi connectivity index (χ0) is 15.1. The topological polar surface area (TPSA) is 77.8 Å². The van der Waals surface area contributed by atoms with Crippen molar-refractivity contribution in [2.45, 2.75) is 19.9 Å². The number of aliphatic carboxylic acids is 1. The Morgan fingerprint density at radius 1 is 1.35 bits per heavy atom. The lowest BCUT2D eigenvalue weighted by atomic mass is 10.1. The quantitative estimate of drug-likeness (QED) is 0.806. The van der Waals surface area contributed by atoms with Crippen molar-refractivity contribution in [3.63, 3.8) is 0 Å². The number of carboxylic acids is 1. The molecule has 110 valence electrons. The van der Waals surface area contributed by atoms with E-state index in [1.165, 1.54) is 0 Å². The van der Waals surface area contributed by atoms with Gasteiger partial charge in [-0.3, -0.25) is 9.59 Å². The second kappa shape index (κ2) is 7.79. The second-order valence-electron chi connectivity index (χ2n) is 4.34. The smallest absolute Gasteiger partial charge is 0.313 e. The third-order valence-electron chi connectivity index (χ3n) is 2.93. The van der Waals surface area contributed by atoms with Crippen LogP contribution in [0, 0.1) is 0 Å². The van der Waals surface area contributed by atoms with Crippen molar-refractivity contribution in [2.24, 2.45) is 0 Å². The van der Waals surface area contributed by atoms with Crippen molar-refractivity contribution < 1.29 is 19.8 Å². The number of phenolic OH excluding ortho intramolecular Hbond substituents is 1.